The summed E-state index contributed by atoms with van der Waals surface area (Å²) in [6.07, 6.45) is 18.8. The van der Waals surface area contributed by atoms with E-state index in [-0.39, 0.29) is 0 Å². The normalized spacial score (nSPS) is 11.4. The average molecular weight is 365 g/mol. The lowest BCUT2D eigenvalue weighted by Crippen LogP contribution is -2.12. The molecule has 0 amide bonds. The molecule has 1 unspecified atom stereocenters. The standard InChI is InChI=1S/C16H36P.C2H3O3P/c1-5-9-13-17(14-10-6-2,15-11-7-3)16-12-8-4;1-2-5-6(3)4/h5-16H2,1-4H3;2H,1H2/q+1;. The highest BCUT2D eigenvalue weighted by Crippen LogP contribution is 2.61. The van der Waals surface area contributed by atoms with Gasteiger partial charge in [0.1, 0.15) is 6.26 Å². The Bertz CT molecular complexity index is 246. The highest BCUT2D eigenvalue weighted by molar-refractivity contribution is 7.75. The number of hydrogen-bond donors (Lipinski definition) is 0. The van der Waals surface area contributed by atoms with E-state index in [4.69, 9.17) is 0 Å². The summed E-state index contributed by atoms with van der Waals surface area (Å²) in [7, 11) is -3.28. The maximum absolute atomic E-state index is 9.34. The van der Waals surface area contributed by atoms with Crippen LogP contribution in [0.2, 0.25) is 0 Å². The summed E-state index contributed by atoms with van der Waals surface area (Å²) in [5.41, 5.74) is 0. The SMILES string of the molecule is C=CO[P+](=O)[O-].CCCC[P+](CCCC)(CCCC)CCCC. The fourth-order valence-corrected chi connectivity index (χ4v) is 8.12. The molecule has 0 aromatic heterocycles. The first-order valence-corrected chi connectivity index (χ1v) is 12.9. The predicted octanol–water partition coefficient (Wildman–Crippen LogP) is 6.37. The molecule has 0 aliphatic rings. The van der Waals surface area contributed by atoms with Crippen LogP contribution in [-0.4, -0.2) is 24.6 Å². The van der Waals surface area contributed by atoms with Gasteiger partial charge < -0.3 is 4.89 Å². The van der Waals surface area contributed by atoms with E-state index in [0.717, 1.165) is 6.26 Å². The van der Waals surface area contributed by atoms with Gasteiger partial charge in [0.25, 0.3) is 0 Å². The molecule has 0 bridgehead atoms. The minimum Gasteiger partial charge on any atom is -0.558 e. The summed E-state index contributed by atoms with van der Waals surface area (Å²) in [5, 5.41) is 0. The lowest BCUT2D eigenvalue weighted by molar-refractivity contribution is -0.181. The molecule has 1 atom stereocenters. The molecule has 0 aliphatic heterocycles. The van der Waals surface area contributed by atoms with Gasteiger partial charge in [-0.3, -0.25) is 4.52 Å². The smallest absolute Gasteiger partial charge is 0.538 e. The van der Waals surface area contributed by atoms with Gasteiger partial charge in [-0.25, -0.2) is 0 Å². The second kappa shape index (κ2) is 18.4. The first-order valence-electron chi connectivity index (χ1n) is 9.29. The molecule has 0 saturated heterocycles. The second-order valence-electron chi connectivity index (χ2n) is 6.15. The first kappa shape index (κ1) is 25.3. The van der Waals surface area contributed by atoms with Crippen LogP contribution in [0.25, 0.3) is 0 Å². The van der Waals surface area contributed by atoms with Gasteiger partial charge in [0.15, 0.2) is 0 Å². The zero-order valence-corrected chi connectivity index (χ0v) is 17.7. The van der Waals surface area contributed by atoms with Crippen LogP contribution in [0.1, 0.15) is 79.1 Å². The summed E-state index contributed by atoms with van der Waals surface area (Å²) in [4.78, 5) is 9.34. The quantitative estimate of drug-likeness (QED) is 0.265. The topological polar surface area (TPSA) is 49.4 Å². The van der Waals surface area contributed by atoms with Crippen molar-refractivity contribution in [3.63, 3.8) is 0 Å². The van der Waals surface area contributed by atoms with Crippen LogP contribution < -0.4 is 4.89 Å². The third-order valence-electron chi connectivity index (χ3n) is 4.10. The Morgan fingerprint density at radius 1 is 0.870 bits per heavy atom. The van der Waals surface area contributed by atoms with Crippen LogP contribution in [0.3, 0.4) is 0 Å². The van der Waals surface area contributed by atoms with Crippen molar-refractivity contribution in [2.45, 2.75) is 79.1 Å². The minimum atomic E-state index is -2.72. The summed E-state index contributed by atoms with van der Waals surface area (Å²) < 4.78 is 13.1. The molecule has 23 heavy (non-hydrogen) atoms. The summed E-state index contributed by atoms with van der Waals surface area (Å²) >= 11 is 0. The van der Waals surface area contributed by atoms with E-state index in [1.54, 1.807) is 24.6 Å². The number of hydrogen-bond acceptors (Lipinski definition) is 3. The van der Waals surface area contributed by atoms with Crippen LogP contribution in [0.5, 0.6) is 0 Å². The van der Waals surface area contributed by atoms with E-state index in [1.807, 2.05) is 0 Å². The molecule has 0 rings (SSSR count). The number of unbranched alkanes of at least 4 members (excludes halogenated alkanes) is 4. The Balaban J connectivity index is 0. The van der Waals surface area contributed by atoms with Gasteiger partial charge in [-0.1, -0.05) is 60.0 Å². The molecular weight excluding hydrogens is 326 g/mol. The van der Waals surface area contributed by atoms with Crippen molar-refractivity contribution in [2.24, 2.45) is 0 Å². The Labute approximate surface area is 146 Å². The average Bonchev–Trinajstić information content (AvgIpc) is 2.54. The van der Waals surface area contributed by atoms with Crippen molar-refractivity contribution in [3.05, 3.63) is 12.8 Å². The Hall–Kier alpha value is 0.0300. The van der Waals surface area contributed by atoms with Crippen molar-refractivity contribution in [3.8, 4) is 0 Å². The highest BCUT2D eigenvalue weighted by atomic mass is 31.2. The Morgan fingerprint density at radius 2 is 1.17 bits per heavy atom. The van der Waals surface area contributed by atoms with Crippen LogP contribution in [0.15, 0.2) is 12.8 Å². The maximum atomic E-state index is 9.34. The number of rotatable bonds is 14. The Kier molecular flexibility index (Phi) is 20.2. The monoisotopic (exact) mass is 365 g/mol. The third kappa shape index (κ3) is 16.7. The molecule has 3 nitrogen and oxygen atoms in total. The molecule has 0 radical (unpaired) electrons. The molecule has 0 aromatic rings. The van der Waals surface area contributed by atoms with E-state index < -0.39 is 15.5 Å². The predicted molar refractivity (Wildman–Crippen MR) is 105 cm³/mol. The molecule has 5 heteroatoms. The zero-order valence-electron chi connectivity index (χ0n) is 15.9. The van der Waals surface area contributed by atoms with Crippen molar-refractivity contribution in [1.29, 1.82) is 0 Å². The van der Waals surface area contributed by atoms with E-state index >= 15 is 0 Å². The van der Waals surface area contributed by atoms with E-state index in [2.05, 4.69) is 38.8 Å². The minimum absolute atomic E-state index is 0.562. The van der Waals surface area contributed by atoms with Gasteiger partial charge in [-0.05, 0) is 30.2 Å². The van der Waals surface area contributed by atoms with Crippen molar-refractivity contribution < 1.29 is 14.0 Å². The van der Waals surface area contributed by atoms with E-state index in [9.17, 15) is 9.46 Å². The van der Waals surface area contributed by atoms with Gasteiger partial charge in [-0.2, -0.15) is 0 Å². The van der Waals surface area contributed by atoms with E-state index in [0.29, 0.717) is 0 Å². The lowest BCUT2D eigenvalue weighted by Gasteiger charge is -2.28. The van der Waals surface area contributed by atoms with Crippen LogP contribution in [-0.2, 0) is 9.09 Å². The molecule has 0 spiro atoms. The third-order valence-corrected chi connectivity index (χ3v) is 9.49. The molecular formula is C18H39O3P2+. The van der Waals surface area contributed by atoms with Crippen LogP contribution in [0, 0.1) is 0 Å². The van der Waals surface area contributed by atoms with Gasteiger partial charge in [0.2, 0.25) is 0 Å². The molecule has 0 heterocycles. The maximum Gasteiger partial charge on any atom is 0.538 e. The lowest BCUT2D eigenvalue weighted by atomic mass is 10.4. The van der Waals surface area contributed by atoms with Crippen molar-refractivity contribution in [1.82, 2.24) is 0 Å². The molecule has 138 valence electrons. The fourth-order valence-electron chi connectivity index (χ4n) is 2.71. The molecule has 0 N–H and O–H groups in total. The van der Waals surface area contributed by atoms with Crippen LogP contribution >= 0.6 is 15.5 Å². The summed E-state index contributed by atoms with van der Waals surface area (Å²) in [6.45, 7) is 12.4. The molecule has 0 fully saturated rings. The largest absolute Gasteiger partial charge is 0.558 e. The van der Waals surface area contributed by atoms with E-state index in [1.165, 1.54) is 51.4 Å². The summed E-state index contributed by atoms with van der Waals surface area (Å²) in [5.74, 6) is 0. The van der Waals surface area contributed by atoms with Gasteiger partial charge in [0, 0.05) is 7.26 Å². The molecule has 0 saturated carbocycles. The Morgan fingerprint density at radius 3 is 1.30 bits per heavy atom. The van der Waals surface area contributed by atoms with Crippen LogP contribution in [0.4, 0.5) is 0 Å². The van der Waals surface area contributed by atoms with Gasteiger partial charge in [0.05, 0.1) is 24.6 Å². The van der Waals surface area contributed by atoms with Gasteiger partial charge in [-0.15, -0.1) is 0 Å². The first-order chi connectivity index (χ1) is 11.0. The highest BCUT2D eigenvalue weighted by Gasteiger charge is 2.34. The summed E-state index contributed by atoms with van der Waals surface area (Å²) in [6, 6.07) is 0. The molecule has 0 aromatic carbocycles. The van der Waals surface area contributed by atoms with Crippen molar-refractivity contribution >= 4 is 15.5 Å². The fraction of sp³-hybridized carbons (Fsp3) is 0.889. The zero-order chi connectivity index (χ0) is 18.0. The second-order valence-corrected chi connectivity index (χ2v) is 11.3. The molecule has 0 aliphatic carbocycles. The van der Waals surface area contributed by atoms with Crippen molar-refractivity contribution in [2.75, 3.05) is 24.6 Å². The van der Waals surface area contributed by atoms with Gasteiger partial charge >= 0.3 is 8.25 Å².